The summed E-state index contributed by atoms with van der Waals surface area (Å²) < 4.78 is 10.9. The van der Waals surface area contributed by atoms with Crippen LogP contribution < -0.4 is 4.74 Å². The molecule has 4 nitrogen and oxygen atoms in total. The van der Waals surface area contributed by atoms with Crippen LogP contribution in [0.2, 0.25) is 0 Å². The van der Waals surface area contributed by atoms with Crippen LogP contribution in [0.1, 0.15) is 17.5 Å². The minimum Gasteiger partial charge on any atom is -0.497 e. The molecule has 138 valence electrons. The molecule has 0 bridgehead atoms. The van der Waals surface area contributed by atoms with E-state index in [-0.39, 0.29) is 12.0 Å². The predicted octanol–water partition coefficient (Wildman–Crippen LogP) is 3.34. The third-order valence-electron chi connectivity index (χ3n) is 5.17. The fraction of sp³-hybridized carbons (Fsp3) is 0.409. The second kappa shape index (κ2) is 8.86. The van der Waals surface area contributed by atoms with Gasteiger partial charge in [-0.3, -0.25) is 4.79 Å². The van der Waals surface area contributed by atoms with Crippen molar-refractivity contribution in [3.05, 3.63) is 65.7 Å². The highest BCUT2D eigenvalue weighted by Crippen LogP contribution is 2.24. The normalized spacial score (nSPS) is 20.0. The van der Waals surface area contributed by atoms with Crippen molar-refractivity contribution in [2.24, 2.45) is 5.92 Å². The molecule has 1 heterocycles. The maximum Gasteiger partial charge on any atom is 0.227 e. The zero-order chi connectivity index (χ0) is 18.4. The van der Waals surface area contributed by atoms with E-state index in [1.54, 1.807) is 14.2 Å². The summed E-state index contributed by atoms with van der Waals surface area (Å²) in [6.07, 6.45) is 2.47. The summed E-state index contributed by atoms with van der Waals surface area (Å²) in [6, 6.07) is 18.2. The number of piperidine rings is 1. The summed E-state index contributed by atoms with van der Waals surface area (Å²) in [5, 5.41) is 0. The van der Waals surface area contributed by atoms with Gasteiger partial charge < -0.3 is 14.4 Å². The molecule has 1 aliphatic heterocycles. The molecular formula is C22H27NO3. The minimum absolute atomic E-state index is 0.183. The van der Waals surface area contributed by atoms with E-state index >= 15 is 0 Å². The van der Waals surface area contributed by atoms with Crippen LogP contribution in [0.3, 0.4) is 0 Å². The second-order valence-electron chi connectivity index (χ2n) is 6.88. The first-order valence-corrected chi connectivity index (χ1v) is 9.17. The Kier molecular flexibility index (Phi) is 6.29. The number of methoxy groups -OCH3 is 2. The van der Waals surface area contributed by atoms with Crippen molar-refractivity contribution in [2.45, 2.75) is 25.4 Å². The van der Waals surface area contributed by atoms with Crippen molar-refractivity contribution < 1.29 is 14.3 Å². The van der Waals surface area contributed by atoms with Crippen LogP contribution in [0, 0.1) is 5.92 Å². The number of likely N-dealkylation sites (tertiary alicyclic amines) is 1. The van der Waals surface area contributed by atoms with Gasteiger partial charge in [-0.25, -0.2) is 0 Å². The van der Waals surface area contributed by atoms with Crippen LogP contribution in [-0.2, 0) is 22.4 Å². The zero-order valence-corrected chi connectivity index (χ0v) is 15.6. The Morgan fingerprint density at radius 2 is 1.77 bits per heavy atom. The zero-order valence-electron chi connectivity index (χ0n) is 15.6. The van der Waals surface area contributed by atoms with Crippen LogP contribution in [0.4, 0.5) is 0 Å². The SMILES string of the molecule is COc1ccc(CC(=O)N2CC[C@H](OC)[C@H](Cc3ccccc3)C2)cc1. The highest BCUT2D eigenvalue weighted by Gasteiger charge is 2.31. The Morgan fingerprint density at radius 3 is 2.42 bits per heavy atom. The van der Waals surface area contributed by atoms with Crippen molar-refractivity contribution in [1.82, 2.24) is 4.90 Å². The van der Waals surface area contributed by atoms with Gasteiger partial charge in [-0.05, 0) is 36.1 Å². The van der Waals surface area contributed by atoms with Crippen LogP contribution in [0.25, 0.3) is 0 Å². The molecule has 0 unspecified atom stereocenters. The van der Waals surface area contributed by atoms with Crippen molar-refractivity contribution >= 4 is 5.91 Å². The molecule has 2 aromatic rings. The summed E-state index contributed by atoms with van der Waals surface area (Å²) in [6.45, 7) is 1.52. The first kappa shape index (κ1) is 18.5. The first-order valence-electron chi connectivity index (χ1n) is 9.17. The van der Waals surface area contributed by atoms with Gasteiger partial charge in [0.05, 0.1) is 19.6 Å². The molecule has 1 saturated heterocycles. The van der Waals surface area contributed by atoms with E-state index in [1.807, 2.05) is 35.2 Å². The van der Waals surface area contributed by atoms with Gasteiger partial charge >= 0.3 is 0 Å². The molecule has 1 fully saturated rings. The Labute approximate surface area is 155 Å². The first-order chi connectivity index (χ1) is 12.7. The van der Waals surface area contributed by atoms with E-state index in [1.165, 1.54) is 5.56 Å². The van der Waals surface area contributed by atoms with E-state index in [4.69, 9.17) is 9.47 Å². The number of rotatable bonds is 6. The highest BCUT2D eigenvalue weighted by molar-refractivity contribution is 5.79. The van der Waals surface area contributed by atoms with Gasteiger partial charge in [0, 0.05) is 26.1 Å². The minimum atomic E-state index is 0.183. The third-order valence-corrected chi connectivity index (χ3v) is 5.17. The van der Waals surface area contributed by atoms with Gasteiger partial charge in [0.2, 0.25) is 5.91 Å². The average molecular weight is 353 g/mol. The Hall–Kier alpha value is -2.33. The van der Waals surface area contributed by atoms with E-state index in [0.717, 1.165) is 37.2 Å². The predicted molar refractivity (Wildman–Crippen MR) is 102 cm³/mol. The molecule has 4 heteroatoms. The van der Waals surface area contributed by atoms with Crippen molar-refractivity contribution in [3.63, 3.8) is 0 Å². The topological polar surface area (TPSA) is 38.8 Å². The van der Waals surface area contributed by atoms with Crippen LogP contribution in [0.15, 0.2) is 54.6 Å². The summed E-state index contributed by atoms with van der Waals surface area (Å²) in [7, 11) is 3.42. The van der Waals surface area contributed by atoms with Crippen molar-refractivity contribution in [1.29, 1.82) is 0 Å². The smallest absolute Gasteiger partial charge is 0.227 e. The molecule has 0 aliphatic carbocycles. The molecule has 0 aromatic heterocycles. The molecule has 0 N–H and O–H groups in total. The van der Waals surface area contributed by atoms with Gasteiger partial charge in [-0.1, -0.05) is 42.5 Å². The highest BCUT2D eigenvalue weighted by atomic mass is 16.5. The third kappa shape index (κ3) is 4.64. The summed E-state index contributed by atoms with van der Waals surface area (Å²) >= 11 is 0. The Bertz CT molecular complexity index is 699. The number of amides is 1. The molecule has 1 amide bonds. The molecule has 1 aliphatic rings. The molecule has 3 rings (SSSR count). The lowest BCUT2D eigenvalue weighted by Gasteiger charge is -2.38. The van der Waals surface area contributed by atoms with Gasteiger partial charge in [0.1, 0.15) is 5.75 Å². The van der Waals surface area contributed by atoms with E-state index in [2.05, 4.69) is 24.3 Å². The van der Waals surface area contributed by atoms with Crippen molar-refractivity contribution in [2.75, 3.05) is 27.3 Å². The van der Waals surface area contributed by atoms with Crippen molar-refractivity contribution in [3.8, 4) is 5.75 Å². The summed E-state index contributed by atoms with van der Waals surface area (Å²) in [4.78, 5) is 14.8. The van der Waals surface area contributed by atoms with Crippen LogP contribution in [-0.4, -0.2) is 44.2 Å². The van der Waals surface area contributed by atoms with Gasteiger partial charge in [0.15, 0.2) is 0 Å². The Balaban J connectivity index is 1.63. The maximum atomic E-state index is 12.8. The second-order valence-corrected chi connectivity index (χ2v) is 6.88. The molecular weight excluding hydrogens is 326 g/mol. The van der Waals surface area contributed by atoms with Crippen LogP contribution in [0.5, 0.6) is 5.75 Å². The number of benzene rings is 2. The molecule has 0 spiro atoms. The average Bonchev–Trinajstić information content (AvgIpc) is 2.69. The van der Waals surface area contributed by atoms with Gasteiger partial charge in [-0.2, -0.15) is 0 Å². The lowest BCUT2D eigenvalue weighted by atomic mass is 9.88. The number of carbonyl (C=O) groups excluding carboxylic acids is 1. The molecule has 26 heavy (non-hydrogen) atoms. The van der Waals surface area contributed by atoms with Gasteiger partial charge in [-0.15, -0.1) is 0 Å². The van der Waals surface area contributed by atoms with Crippen LogP contribution >= 0.6 is 0 Å². The number of nitrogens with zero attached hydrogens (tertiary/aromatic N) is 1. The molecule has 2 atom stereocenters. The fourth-order valence-electron chi connectivity index (χ4n) is 3.69. The monoisotopic (exact) mass is 353 g/mol. The summed E-state index contributed by atoms with van der Waals surface area (Å²) in [5.41, 5.74) is 2.31. The van der Waals surface area contributed by atoms with Gasteiger partial charge in [0.25, 0.3) is 0 Å². The largest absolute Gasteiger partial charge is 0.497 e. The number of hydrogen-bond donors (Lipinski definition) is 0. The van der Waals surface area contributed by atoms with E-state index in [9.17, 15) is 4.79 Å². The Morgan fingerprint density at radius 1 is 1.04 bits per heavy atom. The fourth-order valence-corrected chi connectivity index (χ4v) is 3.69. The number of ether oxygens (including phenoxy) is 2. The molecule has 2 aromatic carbocycles. The molecule has 0 radical (unpaired) electrons. The maximum absolute atomic E-state index is 12.8. The molecule has 0 saturated carbocycles. The van der Waals surface area contributed by atoms with E-state index < -0.39 is 0 Å². The summed E-state index contributed by atoms with van der Waals surface area (Å²) in [5.74, 6) is 1.32. The quantitative estimate of drug-likeness (QED) is 0.799. The number of hydrogen-bond acceptors (Lipinski definition) is 3. The number of carbonyl (C=O) groups is 1. The standard InChI is InChI=1S/C22H27NO3/c1-25-20-10-8-18(9-11-20)15-22(24)23-13-12-21(26-2)19(16-23)14-17-6-4-3-5-7-17/h3-11,19,21H,12-16H2,1-2H3/t19-,21+/m1/s1. The lowest BCUT2D eigenvalue weighted by Crippen LogP contribution is -2.47. The van der Waals surface area contributed by atoms with E-state index in [0.29, 0.717) is 12.3 Å². The lowest BCUT2D eigenvalue weighted by molar-refractivity contribution is -0.134.